The first-order valence-electron chi connectivity index (χ1n) is 8.63. The van der Waals surface area contributed by atoms with Gasteiger partial charge in [-0.3, -0.25) is 0 Å². The zero-order chi connectivity index (χ0) is 17.6. The Hall–Kier alpha value is -1.71. The van der Waals surface area contributed by atoms with Gasteiger partial charge in [-0.15, -0.1) is 0 Å². The van der Waals surface area contributed by atoms with Crippen molar-refractivity contribution in [2.24, 2.45) is 11.1 Å². The van der Waals surface area contributed by atoms with Gasteiger partial charge in [0.1, 0.15) is 5.84 Å². The zero-order valence-corrected chi connectivity index (χ0v) is 15.5. The Kier molecular flexibility index (Phi) is 6.22. The van der Waals surface area contributed by atoms with Crippen molar-refractivity contribution in [2.45, 2.75) is 38.0 Å². The Morgan fingerprint density at radius 2 is 1.72 bits per heavy atom. The van der Waals surface area contributed by atoms with Crippen LogP contribution in [0.15, 0.2) is 53.7 Å². The molecule has 132 valence electrons. The van der Waals surface area contributed by atoms with Crippen LogP contribution in [0.2, 0.25) is 10.0 Å². The van der Waals surface area contributed by atoms with E-state index in [1.54, 1.807) is 12.1 Å². The summed E-state index contributed by atoms with van der Waals surface area (Å²) in [6, 6.07) is 16.0. The summed E-state index contributed by atoms with van der Waals surface area (Å²) in [5.41, 5.74) is 2.21. The molecule has 0 aromatic heterocycles. The van der Waals surface area contributed by atoms with E-state index in [-0.39, 0.29) is 0 Å². The van der Waals surface area contributed by atoms with Crippen molar-refractivity contribution in [3.05, 3.63) is 64.1 Å². The average molecular weight is 377 g/mol. The summed E-state index contributed by atoms with van der Waals surface area (Å²) in [5, 5.41) is 16.9. The largest absolute Gasteiger partial charge is 0.409 e. The first-order valence-corrected chi connectivity index (χ1v) is 9.39. The van der Waals surface area contributed by atoms with Crippen molar-refractivity contribution in [3.63, 3.8) is 0 Å². The van der Waals surface area contributed by atoms with E-state index in [0.29, 0.717) is 27.7 Å². The number of nitrogens with zero attached hydrogens (tertiary/aromatic N) is 1. The van der Waals surface area contributed by atoms with Crippen LogP contribution in [0.25, 0.3) is 0 Å². The third-order valence-corrected chi connectivity index (χ3v) is 5.67. The van der Waals surface area contributed by atoms with E-state index in [4.69, 9.17) is 23.2 Å². The number of anilines is 1. The molecule has 1 aliphatic carbocycles. The van der Waals surface area contributed by atoms with E-state index < -0.39 is 0 Å². The van der Waals surface area contributed by atoms with E-state index in [2.05, 4.69) is 40.8 Å². The van der Waals surface area contributed by atoms with E-state index in [1.807, 2.05) is 6.07 Å². The molecule has 0 amide bonds. The lowest BCUT2D eigenvalue weighted by atomic mass is 9.77. The molecule has 0 bridgehead atoms. The molecule has 3 rings (SSSR count). The molecule has 0 unspecified atom stereocenters. The van der Waals surface area contributed by atoms with Crippen molar-refractivity contribution in [1.29, 1.82) is 0 Å². The Bertz CT molecular complexity index is 726. The summed E-state index contributed by atoms with van der Waals surface area (Å²) in [5.74, 6) is 1.75. The minimum Gasteiger partial charge on any atom is -0.409 e. The van der Waals surface area contributed by atoms with Gasteiger partial charge in [0.25, 0.3) is 0 Å². The van der Waals surface area contributed by atoms with Crippen LogP contribution in [0, 0.1) is 5.92 Å². The molecule has 5 heteroatoms. The second-order valence-electron chi connectivity index (χ2n) is 6.63. The number of hydrogen-bond donors (Lipinski definition) is 2. The normalized spacial score (nSPS) is 21.1. The first kappa shape index (κ1) is 18.1. The third-order valence-electron chi connectivity index (χ3n) is 4.93. The van der Waals surface area contributed by atoms with Gasteiger partial charge in [-0.1, -0.05) is 58.7 Å². The topological polar surface area (TPSA) is 44.6 Å². The summed E-state index contributed by atoms with van der Waals surface area (Å²) in [4.78, 5) is 0. The maximum Gasteiger partial charge on any atom is 0.146 e. The maximum atomic E-state index is 9.34. The van der Waals surface area contributed by atoms with Gasteiger partial charge >= 0.3 is 0 Å². The van der Waals surface area contributed by atoms with E-state index in [1.165, 1.54) is 18.4 Å². The van der Waals surface area contributed by atoms with Gasteiger partial charge in [-0.2, -0.15) is 0 Å². The maximum absolute atomic E-state index is 9.34. The summed E-state index contributed by atoms with van der Waals surface area (Å²) in [7, 11) is 0. The Balaban J connectivity index is 1.54. The van der Waals surface area contributed by atoms with E-state index >= 15 is 0 Å². The van der Waals surface area contributed by atoms with Crippen molar-refractivity contribution in [2.75, 3.05) is 5.32 Å². The fourth-order valence-electron chi connectivity index (χ4n) is 3.56. The predicted molar refractivity (Wildman–Crippen MR) is 105 cm³/mol. The number of rotatable bonds is 4. The van der Waals surface area contributed by atoms with Crippen molar-refractivity contribution in [1.82, 2.24) is 0 Å². The van der Waals surface area contributed by atoms with Crippen LogP contribution >= 0.6 is 23.2 Å². The van der Waals surface area contributed by atoms with Gasteiger partial charge < -0.3 is 10.5 Å². The minimum atomic E-state index is 0.479. The van der Waals surface area contributed by atoms with Crippen molar-refractivity contribution in [3.8, 4) is 0 Å². The monoisotopic (exact) mass is 376 g/mol. The standard InChI is InChI=1S/C20H22Cl2N2O/c21-18-11-10-17(13-19(18)22)23-20(24-25)12-14-6-8-16(9-7-14)15-4-2-1-3-5-15/h1-5,10-11,13-14,16,25H,6-9,12H2,(H,23,24)/t14-,16+. The number of amidine groups is 1. The molecule has 1 fully saturated rings. The molecule has 25 heavy (non-hydrogen) atoms. The number of oxime groups is 1. The van der Waals surface area contributed by atoms with Crippen LogP contribution in [0.1, 0.15) is 43.6 Å². The van der Waals surface area contributed by atoms with Crippen molar-refractivity contribution >= 4 is 34.7 Å². The molecule has 2 aromatic rings. The van der Waals surface area contributed by atoms with Crippen molar-refractivity contribution < 1.29 is 5.21 Å². The van der Waals surface area contributed by atoms with E-state index in [0.717, 1.165) is 24.9 Å². The highest BCUT2D eigenvalue weighted by atomic mass is 35.5. The Morgan fingerprint density at radius 3 is 2.36 bits per heavy atom. The fraction of sp³-hybridized carbons (Fsp3) is 0.350. The summed E-state index contributed by atoms with van der Waals surface area (Å²) in [6.45, 7) is 0. The van der Waals surface area contributed by atoms with Crippen LogP contribution in [0.5, 0.6) is 0 Å². The molecule has 2 N–H and O–H groups in total. The molecule has 0 radical (unpaired) electrons. The lowest BCUT2D eigenvalue weighted by molar-refractivity contribution is 0.306. The smallest absolute Gasteiger partial charge is 0.146 e. The number of benzene rings is 2. The molecule has 0 aliphatic heterocycles. The Morgan fingerprint density at radius 1 is 1.00 bits per heavy atom. The minimum absolute atomic E-state index is 0.479. The summed E-state index contributed by atoms with van der Waals surface area (Å²) in [6.07, 6.45) is 5.38. The summed E-state index contributed by atoms with van der Waals surface area (Å²) >= 11 is 12.0. The van der Waals surface area contributed by atoms with Gasteiger partial charge in [0.2, 0.25) is 0 Å². The highest BCUT2D eigenvalue weighted by Crippen LogP contribution is 2.37. The highest BCUT2D eigenvalue weighted by Gasteiger charge is 2.23. The molecule has 2 aromatic carbocycles. The number of halogens is 2. The van der Waals surface area contributed by atoms with Crippen LogP contribution < -0.4 is 5.32 Å². The van der Waals surface area contributed by atoms with Crippen LogP contribution in [-0.2, 0) is 0 Å². The zero-order valence-electron chi connectivity index (χ0n) is 14.0. The lowest BCUT2D eigenvalue weighted by Crippen LogP contribution is -2.21. The molecule has 0 atom stereocenters. The fourth-order valence-corrected chi connectivity index (χ4v) is 3.85. The van der Waals surface area contributed by atoms with Gasteiger partial charge in [0.15, 0.2) is 0 Å². The highest BCUT2D eigenvalue weighted by molar-refractivity contribution is 6.42. The second-order valence-corrected chi connectivity index (χ2v) is 7.45. The van der Waals surface area contributed by atoms with Gasteiger partial charge in [0, 0.05) is 12.1 Å². The second kappa shape index (κ2) is 8.59. The molecule has 1 aliphatic rings. The molecule has 3 nitrogen and oxygen atoms in total. The van der Waals surface area contributed by atoms with Gasteiger partial charge in [-0.25, -0.2) is 0 Å². The lowest BCUT2D eigenvalue weighted by Gasteiger charge is -2.29. The molecule has 0 saturated heterocycles. The van der Waals surface area contributed by atoms with Crippen LogP contribution in [0.3, 0.4) is 0 Å². The first-order chi connectivity index (χ1) is 12.2. The molecular formula is C20H22Cl2N2O. The van der Waals surface area contributed by atoms with E-state index in [9.17, 15) is 5.21 Å². The molecule has 1 saturated carbocycles. The van der Waals surface area contributed by atoms with Gasteiger partial charge in [0.05, 0.1) is 10.0 Å². The molecular weight excluding hydrogens is 355 g/mol. The quantitative estimate of drug-likeness (QED) is 0.274. The Labute approximate surface area is 158 Å². The summed E-state index contributed by atoms with van der Waals surface area (Å²) < 4.78 is 0. The van der Waals surface area contributed by atoms with Crippen LogP contribution in [-0.4, -0.2) is 11.0 Å². The molecule has 0 spiro atoms. The number of nitrogens with one attached hydrogen (secondary N) is 1. The number of hydrogen-bond acceptors (Lipinski definition) is 2. The van der Waals surface area contributed by atoms with Gasteiger partial charge in [-0.05, 0) is 61.3 Å². The third kappa shape index (κ3) is 4.90. The predicted octanol–water partition coefficient (Wildman–Crippen LogP) is 6.56. The average Bonchev–Trinajstić information content (AvgIpc) is 2.65. The SMILES string of the molecule is O/N=C(/C[C@H]1CC[C@@H](c2ccccc2)CC1)Nc1ccc(Cl)c(Cl)c1. The van der Waals surface area contributed by atoms with Crippen LogP contribution in [0.4, 0.5) is 5.69 Å². The molecule has 0 heterocycles.